The Kier molecular flexibility index (Phi) is 3.72. The number of nitrogens with zero attached hydrogens (tertiary/aromatic N) is 1. The third-order valence-corrected chi connectivity index (χ3v) is 7.49. The molecule has 1 heterocycles. The standard InChI is InChI=1S/C34H21N/c1-2-10-23-19-26(18-17-22(23)9-1)35-32-21-25-12-4-3-11-24(25)20-31(32)33-29-15-7-5-13-27(29)28-14-6-8-16-30(28)34(33)35/h1-21H. The average Bonchev–Trinajstić information content (AvgIpc) is 3.26. The van der Waals surface area contributed by atoms with Crippen molar-refractivity contribution in [2.75, 3.05) is 0 Å². The molecule has 8 rings (SSSR count). The summed E-state index contributed by atoms with van der Waals surface area (Å²) in [6.45, 7) is 0. The molecular formula is C34H21N. The van der Waals surface area contributed by atoms with Crippen LogP contribution in [0.3, 0.4) is 0 Å². The monoisotopic (exact) mass is 443 g/mol. The molecule has 0 saturated carbocycles. The van der Waals surface area contributed by atoms with Crippen LogP contribution in [0.4, 0.5) is 0 Å². The molecule has 8 aromatic rings. The van der Waals surface area contributed by atoms with Crippen molar-refractivity contribution < 1.29 is 0 Å². The number of hydrogen-bond donors (Lipinski definition) is 0. The van der Waals surface area contributed by atoms with Crippen molar-refractivity contribution in [3.8, 4) is 5.69 Å². The molecular weight excluding hydrogens is 422 g/mol. The van der Waals surface area contributed by atoms with Gasteiger partial charge in [-0.3, -0.25) is 0 Å². The molecule has 0 bridgehead atoms. The highest BCUT2D eigenvalue weighted by Gasteiger charge is 2.19. The van der Waals surface area contributed by atoms with E-state index in [0.29, 0.717) is 0 Å². The molecule has 0 unspecified atom stereocenters. The van der Waals surface area contributed by atoms with E-state index in [0.717, 1.165) is 0 Å². The van der Waals surface area contributed by atoms with Gasteiger partial charge in [-0.05, 0) is 62.0 Å². The molecule has 7 aromatic carbocycles. The molecule has 0 aliphatic heterocycles. The molecule has 0 saturated heterocycles. The number of hydrogen-bond acceptors (Lipinski definition) is 0. The maximum Gasteiger partial charge on any atom is 0.0625 e. The quantitative estimate of drug-likeness (QED) is 0.223. The number of rotatable bonds is 1. The first kappa shape index (κ1) is 18.8. The van der Waals surface area contributed by atoms with Crippen molar-refractivity contribution in [1.29, 1.82) is 0 Å². The van der Waals surface area contributed by atoms with E-state index in [-0.39, 0.29) is 0 Å². The molecule has 0 aliphatic rings. The lowest BCUT2D eigenvalue weighted by Gasteiger charge is -2.13. The molecule has 162 valence electrons. The molecule has 0 spiro atoms. The van der Waals surface area contributed by atoms with Crippen molar-refractivity contribution in [2.45, 2.75) is 0 Å². The minimum atomic E-state index is 1.19. The lowest BCUT2D eigenvalue weighted by Crippen LogP contribution is -1.95. The molecule has 0 atom stereocenters. The van der Waals surface area contributed by atoms with E-state index in [1.807, 2.05) is 0 Å². The van der Waals surface area contributed by atoms with Crippen LogP contribution in [-0.2, 0) is 0 Å². The van der Waals surface area contributed by atoms with Crippen LogP contribution in [-0.4, -0.2) is 4.57 Å². The molecule has 1 heteroatoms. The summed E-state index contributed by atoms with van der Waals surface area (Å²) in [4.78, 5) is 0. The fourth-order valence-corrected chi connectivity index (χ4v) is 5.95. The predicted octanol–water partition coefficient (Wildman–Crippen LogP) is 9.40. The van der Waals surface area contributed by atoms with Crippen LogP contribution in [0.15, 0.2) is 127 Å². The smallest absolute Gasteiger partial charge is 0.0625 e. The van der Waals surface area contributed by atoms with Crippen molar-refractivity contribution in [1.82, 2.24) is 4.57 Å². The summed E-state index contributed by atoms with van der Waals surface area (Å²) in [7, 11) is 0. The van der Waals surface area contributed by atoms with Gasteiger partial charge in [-0.1, -0.05) is 103 Å². The number of aromatic nitrogens is 1. The summed E-state index contributed by atoms with van der Waals surface area (Å²) >= 11 is 0. The van der Waals surface area contributed by atoms with Crippen LogP contribution in [0.25, 0.3) is 70.6 Å². The van der Waals surface area contributed by atoms with Crippen molar-refractivity contribution >= 4 is 64.9 Å². The minimum absolute atomic E-state index is 1.19. The van der Waals surface area contributed by atoms with Gasteiger partial charge in [0.05, 0.1) is 11.0 Å². The molecule has 0 fully saturated rings. The molecule has 1 aromatic heterocycles. The van der Waals surface area contributed by atoms with E-state index in [9.17, 15) is 0 Å². The van der Waals surface area contributed by atoms with Gasteiger partial charge in [0.15, 0.2) is 0 Å². The highest BCUT2D eigenvalue weighted by Crippen LogP contribution is 2.43. The normalized spacial score (nSPS) is 12.0. The molecule has 0 N–H and O–H groups in total. The SMILES string of the molecule is c1ccc2cc(-n3c4cc5ccccc5cc4c4c5ccccc5c5ccccc5c43)ccc2c1. The van der Waals surface area contributed by atoms with Crippen LogP contribution in [0.1, 0.15) is 0 Å². The second kappa shape index (κ2) is 6.94. The van der Waals surface area contributed by atoms with Gasteiger partial charge in [-0.25, -0.2) is 0 Å². The van der Waals surface area contributed by atoms with E-state index in [2.05, 4.69) is 132 Å². The van der Waals surface area contributed by atoms with Gasteiger partial charge in [0.1, 0.15) is 0 Å². The Balaban J connectivity index is 1.69. The van der Waals surface area contributed by atoms with Crippen LogP contribution in [0.5, 0.6) is 0 Å². The van der Waals surface area contributed by atoms with Gasteiger partial charge in [-0.15, -0.1) is 0 Å². The molecule has 35 heavy (non-hydrogen) atoms. The number of fused-ring (bicyclic) bond motifs is 10. The van der Waals surface area contributed by atoms with Crippen LogP contribution in [0.2, 0.25) is 0 Å². The van der Waals surface area contributed by atoms with E-state index < -0.39 is 0 Å². The summed E-state index contributed by atoms with van der Waals surface area (Å²) in [5, 5.41) is 12.9. The van der Waals surface area contributed by atoms with Crippen LogP contribution in [0, 0.1) is 0 Å². The summed E-state index contributed by atoms with van der Waals surface area (Å²) < 4.78 is 2.48. The Morgan fingerprint density at radius 1 is 0.371 bits per heavy atom. The fraction of sp³-hybridized carbons (Fsp3) is 0. The van der Waals surface area contributed by atoms with E-state index >= 15 is 0 Å². The molecule has 0 amide bonds. The van der Waals surface area contributed by atoms with Gasteiger partial charge >= 0.3 is 0 Å². The maximum atomic E-state index is 2.48. The number of benzene rings is 7. The topological polar surface area (TPSA) is 4.93 Å². The Hall–Kier alpha value is -4.62. The van der Waals surface area contributed by atoms with Crippen molar-refractivity contribution in [2.24, 2.45) is 0 Å². The second-order valence-corrected chi connectivity index (χ2v) is 9.40. The molecule has 0 radical (unpaired) electrons. The van der Waals surface area contributed by atoms with Gasteiger partial charge in [-0.2, -0.15) is 0 Å². The average molecular weight is 444 g/mol. The first-order valence-electron chi connectivity index (χ1n) is 12.1. The largest absolute Gasteiger partial charge is 0.309 e. The highest BCUT2D eigenvalue weighted by atomic mass is 15.0. The van der Waals surface area contributed by atoms with Gasteiger partial charge in [0.2, 0.25) is 0 Å². The third-order valence-electron chi connectivity index (χ3n) is 7.49. The summed E-state index contributed by atoms with van der Waals surface area (Å²) in [5.74, 6) is 0. The Morgan fingerprint density at radius 2 is 0.914 bits per heavy atom. The summed E-state index contributed by atoms with van der Waals surface area (Å²) in [6.07, 6.45) is 0. The van der Waals surface area contributed by atoms with E-state index in [4.69, 9.17) is 0 Å². The zero-order valence-electron chi connectivity index (χ0n) is 19.1. The van der Waals surface area contributed by atoms with E-state index in [1.165, 1.54) is 70.6 Å². The lowest BCUT2D eigenvalue weighted by atomic mass is 9.96. The van der Waals surface area contributed by atoms with Crippen LogP contribution < -0.4 is 0 Å². The minimum Gasteiger partial charge on any atom is -0.309 e. The van der Waals surface area contributed by atoms with E-state index in [1.54, 1.807) is 0 Å². The first-order chi connectivity index (χ1) is 17.4. The fourth-order valence-electron chi connectivity index (χ4n) is 5.95. The lowest BCUT2D eigenvalue weighted by molar-refractivity contribution is 1.19. The van der Waals surface area contributed by atoms with Gasteiger partial charge in [0.25, 0.3) is 0 Å². The summed E-state index contributed by atoms with van der Waals surface area (Å²) in [5.41, 5.74) is 3.72. The van der Waals surface area contributed by atoms with Gasteiger partial charge in [0, 0.05) is 21.8 Å². The zero-order chi connectivity index (χ0) is 22.9. The molecule has 1 nitrogen and oxygen atoms in total. The zero-order valence-corrected chi connectivity index (χ0v) is 19.1. The summed E-state index contributed by atoms with van der Waals surface area (Å²) in [6, 6.07) is 46.6. The van der Waals surface area contributed by atoms with Crippen molar-refractivity contribution in [3.05, 3.63) is 127 Å². The van der Waals surface area contributed by atoms with Crippen molar-refractivity contribution in [3.63, 3.8) is 0 Å². The maximum absolute atomic E-state index is 2.48. The Morgan fingerprint density at radius 3 is 1.66 bits per heavy atom. The van der Waals surface area contributed by atoms with Crippen LogP contribution >= 0.6 is 0 Å². The Labute approximate surface area is 202 Å². The third kappa shape index (κ3) is 2.58. The molecule has 0 aliphatic carbocycles. The highest BCUT2D eigenvalue weighted by molar-refractivity contribution is 6.33. The van der Waals surface area contributed by atoms with Gasteiger partial charge < -0.3 is 4.57 Å². The second-order valence-electron chi connectivity index (χ2n) is 9.40. The predicted molar refractivity (Wildman–Crippen MR) is 151 cm³/mol. The first-order valence-corrected chi connectivity index (χ1v) is 12.1. The Bertz CT molecular complexity index is 2110.